The van der Waals surface area contributed by atoms with Crippen LogP contribution in [-0.2, 0) is 10.0 Å². The minimum atomic E-state index is -3.03. The van der Waals surface area contributed by atoms with Gasteiger partial charge in [0.25, 0.3) is 0 Å². The second-order valence-electron chi connectivity index (χ2n) is 5.72. The molecule has 2 heterocycles. The fourth-order valence-electron chi connectivity index (χ4n) is 2.64. The van der Waals surface area contributed by atoms with Crippen LogP contribution in [0.3, 0.4) is 0 Å². The molecule has 1 aliphatic rings. The molecule has 0 bridgehead atoms. The van der Waals surface area contributed by atoms with E-state index >= 15 is 0 Å². The van der Waals surface area contributed by atoms with Crippen LogP contribution in [0.4, 0.5) is 5.82 Å². The molecule has 2 aromatic rings. The summed E-state index contributed by atoms with van der Waals surface area (Å²) in [5, 5.41) is 4.32. The molecule has 0 saturated carbocycles. The standard InChI is InChI=1S/C16H21N3O3S/c1-3-23(20,21)19-10-12(11-19)9-17-16-7-4-13-8-14(22-2)5-6-15(13)18-16/h4-8,12H,3,9-11H2,1-2H3,(H,17,18). The number of fused-ring (bicyclic) bond motifs is 1. The number of hydrogen-bond acceptors (Lipinski definition) is 5. The first-order valence-electron chi connectivity index (χ1n) is 7.68. The summed E-state index contributed by atoms with van der Waals surface area (Å²) in [5.74, 6) is 2.12. The van der Waals surface area contributed by atoms with Gasteiger partial charge in [0.05, 0.1) is 18.4 Å². The summed E-state index contributed by atoms with van der Waals surface area (Å²) in [6.07, 6.45) is 0. The van der Waals surface area contributed by atoms with Gasteiger partial charge in [0.15, 0.2) is 0 Å². The zero-order chi connectivity index (χ0) is 16.4. The van der Waals surface area contributed by atoms with Crippen LogP contribution in [0.2, 0.25) is 0 Å². The van der Waals surface area contributed by atoms with Crippen LogP contribution >= 0.6 is 0 Å². The summed E-state index contributed by atoms with van der Waals surface area (Å²) in [5.41, 5.74) is 0.902. The van der Waals surface area contributed by atoms with Gasteiger partial charge in [-0.15, -0.1) is 0 Å². The summed E-state index contributed by atoms with van der Waals surface area (Å²) in [6.45, 7) is 3.58. The second kappa shape index (κ2) is 6.33. The lowest BCUT2D eigenvalue weighted by Gasteiger charge is -2.38. The molecule has 3 rings (SSSR count). The highest BCUT2D eigenvalue weighted by Crippen LogP contribution is 2.23. The van der Waals surface area contributed by atoms with Gasteiger partial charge < -0.3 is 10.1 Å². The van der Waals surface area contributed by atoms with Gasteiger partial charge in [0.2, 0.25) is 10.0 Å². The lowest BCUT2D eigenvalue weighted by atomic mass is 10.0. The van der Waals surface area contributed by atoms with Crippen LogP contribution in [0.25, 0.3) is 10.9 Å². The van der Waals surface area contributed by atoms with E-state index in [2.05, 4.69) is 10.3 Å². The third-order valence-electron chi connectivity index (χ3n) is 4.15. The first-order chi connectivity index (χ1) is 11.0. The molecule has 1 aliphatic heterocycles. The average molecular weight is 335 g/mol. The second-order valence-corrected chi connectivity index (χ2v) is 7.98. The maximum Gasteiger partial charge on any atom is 0.213 e. The van der Waals surface area contributed by atoms with E-state index in [0.29, 0.717) is 19.0 Å². The number of hydrogen-bond donors (Lipinski definition) is 1. The maximum atomic E-state index is 11.7. The Hall–Kier alpha value is -1.86. The zero-order valence-electron chi connectivity index (χ0n) is 13.3. The van der Waals surface area contributed by atoms with Crippen molar-refractivity contribution in [3.05, 3.63) is 30.3 Å². The van der Waals surface area contributed by atoms with Gasteiger partial charge >= 0.3 is 0 Å². The summed E-state index contributed by atoms with van der Waals surface area (Å²) in [7, 11) is -1.39. The van der Waals surface area contributed by atoms with Crippen LogP contribution in [0, 0.1) is 5.92 Å². The van der Waals surface area contributed by atoms with Crippen molar-refractivity contribution in [1.82, 2.24) is 9.29 Å². The molecule has 7 heteroatoms. The van der Waals surface area contributed by atoms with Gasteiger partial charge in [-0.1, -0.05) is 0 Å². The van der Waals surface area contributed by atoms with Gasteiger partial charge in [0, 0.05) is 30.9 Å². The molecule has 1 N–H and O–H groups in total. The first kappa shape index (κ1) is 16.0. The van der Waals surface area contributed by atoms with E-state index in [0.717, 1.165) is 29.0 Å². The molecule has 0 atom stereocenters. The van der Waals surface area contributed by atoms with E-state index in [1.165, 1.54) is 0 Å². The lowest BCUT2D eigenvalue weighted by molar-refractivity contribution is 0.212. The monoisotopic (exact) mass is 335 g/mol. The molecule has 1 aromatic heterocycles. The molecule has 23 heavy (non-hydrogen) atoms. The highest BCUT2D eigenvalue weighted by atomic mass is 32.2. The Morgan fingerprint density at radius 2 is 2.09 bits per heavy atom. The molecule has 0 radical (unpaired) electrons. The van der Waals surface area contributed by atoms with Crippen LogP contribution in [0.15, 0.2) is 30.3 Å². The van der Waals surface area contributed by atoms with Crippen LogP contribution < -0.4 is 10.1 Å². The Morgan fingerprint density at radius 1 is 1.30 bits per heavy atom. The van der Waals surface area contributed by atoms with E-state index in [9.17, 15) is 8.42 Å². The van der Waals surface area contributed by atoms with E-state index in [1.807, 2.05) is 30.3 Å². The largest absolute Gasteiger partial charge is 0.497 e. The predicted molar refractivity (Wildman–Crippen MR) is 91.3 cm³/mol. The van der Waals surface area contributed by atoms with Gasteiger partial charge in [-0.05, 0) is 37.3 Å². The van der Waals surface area contributed by atoms with Crippen molar-refractivity contribution in [2.24, 2.45) is 5.92 Å². The van der Waals surface area contributed by atoms with Crippen LogP contribution in [-0.4, -0.2) is 50.2 Å². The molecule has 124 valence electrons. The lowest BCUT2D eigenvalue weighted by Crippen LogP contribution is -2.52. The Bertz CT molecular complexity index is 801. The molecule has 0 spiro atoms. The Morgan fingerprint density at radius 3 is 2.78 bits per heavy atom. The van der Waals surface area contributed by atoms with Gasteiger partial charge in [-0.25, -0.2) is 17.7 Å². The van der Waals surface area contributed by atoms with Crippen LogP contribution in [0.1, 0.15) is 6.92 Å². The van der Waals surface area contributed by atoms with Gasteiger partial charge in [-0.3, -0.25) is 0 Å². The normalized spacial score (nSPS) is 16.3. The Kier molecular flexibility index (Phi) is 4.41. The van der Waals surface area contributed by atoms with E-state index < -0.39 is 10.0 Å². The number of anilines is 1. The number of ether oxygens (including phenoxy) is 1. The fraction of sp³-hybridized carbons (Fsp3) is 0.438. The highest BCUT2D eigenvalue weighted by molar-refractivity contribution is 7.89. The number of sulfonamides is 1. The summed E-state index contributed by atoms with van der Waals surface area (Å²) in [4.78, 5) is 4.57. The molecule has 1 fully saturated rings. The topological polar surface area (TPSA) is 71.5 Å². The molecule has 6 nitrogen and oxygen atoms in total. The molecular weight excluding hydrogens is 314 g/mol. The molecular formula is C16H21N3O3S. The SMILES string of the molecule is CCS(=O)(=O)N1CC(CNc2ccc3cc(OC)ccc3n2)C1. The smallest absolute Gasteiger partial charge is 0.213 e. The quantitative estimate of drug-likeness (QED) is 0.873. The summed E-state index contributed by atoms with van der Waals surface area (Å²) in [6, 6.07) is 9.70. The average Bonchev–Trinajstić information content (AvgIpc) is 2.52. The first-order valence-corrected chi connectivity index (χ1v) is 9.29. The van der Waals surface area contributed by atoms with Crippen molar-refractivity contribution in [2.45, 2.75) is 6.92 Å². The van der Waals surface area contributed by atoms with Crippen molar-refractivity contribution >= 4 is 26.7 Å². The van der Waals surface area contributed by atoms with Crippen molar-refractivity contribution in [1.29, 1.82) is 0 Å². The minimum absolute atomic E-state index is 0.169. The van der Waals surface area contributed by atoms with Crippen LogP contribution in [0.5, 0.6) is 5.75 Å². The number of nitrogens with one attached hydrogen (secondary N) is 1. The van der Waals surface area contributed by atoms with Crippen molar-refractivity contribution < 1.29 is 13.2 Å². The van der Waals surface area contributed by atoms with Gasteiger partial charge in [0.1, 0.15) is 11.6 Å². The molecule has 1 saturated heterocycles. The van der Waals surface area contributed by atoms with Crippen molar-refractivity contribution in [3.63, 3.8) is 0 Å². The number of benzene rings is 1. The number of pyridine rings is 1. The molecule has 1 aromatic carbocycles. The maximum absolute atomic E-state index is 11.7. The van der Waals surface area contributed by atoms with Crippen molar-refractivity contribution in [3.8, 4) is 5.75 Å². The Labute approximate surface area is 136 Å². The fourth-order valence-corrected chi connectivity index (χ4v) is 3.88. The number of methoxy groups -OCH3 is 1. The minimum Gasteiger partial charge on any atom is -0.497 e. The predicted octanol–water partition coefficient (Wildman–Crippen LogP) is 1.94. The summed E-state index contributed by atoms with van der Waals surface area (Å²) >= 11 is 0. The Balaban J connectivity index is 1.58. The van der Waals surface area contributed by atoms with Gasteiger partial charge in [-0.2, -0.15) is 0 Å². The third kappa shape index (κ3) is 3.40. The number of nitrogens with zero attached hydrogens (tertiary/aromatic N) is 2. The van der Waals surface area contributed by atoms with E-state index in [4.69, 9.17) is 4.74 Å². The number of rotatable bonds is 6. The third-order valence-corrected chi connectivity index (χ3v) is 5.96. The zero-order valence-corrected chi connectivity index (χ0v) is 14.1. The van der Waals surface area contributed by atoms with E-state index in [-0.39, 0.29) is 5.75 Å². The molecule has 0 unspecified atom stereocenters. The molecule has 0 amide bonds. The molecule has 0 aliphatic carbocycles. The number of aromatic nitrogens is 1. The van der Waals surface area contributed by atoms with Crippen molar-refractivity contribution in [2.75, 3.05) is 37.8 Å². The van der Waals surface area contributed by atoms with E-state index in [1.54, 1.807) is 18.3 Å². The highest BCUT2D eigenvalue weighted by Gasteiger charge is 2.34. The summed E-state index contributed by atoms with van der Waals surface area (Å²) < 4.78 is 30.1.